The number of nitrogens with one attached hydrogen (secondary N) is 1. The van der Waals surface area contributed by atoms with Gasteiger partial charge in [0.2, 0.25) is 5.91 Å². The van der Waals surface area contributed by atoms with Crippen molar-refractivity contribution < 1.29 is 19.4 Å². The minimum absolute atomic E-state index is 0.0754. The van der Waals surface area contributed by atoms with Crippen LogP contribution in [0.25, 0.3) is 5.65 Å². The molecule has 0 spiro atoms. The van der Waals surface area contributed by atoms with Crippen LogP contribution in [0.5, 0.6) is 5.75 Å². The number of hydrogen-bond acceptors (Lipinski definition) is 4. The lowest BCUT2D eigenvalue weighted by Gasteiger charge is -2.12. The average molecular weight is 388 g/mol. The first-order chi connectivity index (χ1) is 12.8. The maximum Gasteiger partial charge on any atom is 0.339 e. The Bertz CT molecular complexity index is 1060. The zero-order valence-electron chi connectivity index (χ0n) is 15.0. The Labute approximate surface area is 160 Å². The van der Waals surface area contributed by atoms with E-state index in [1.54, 1.807) is 0 Å². The molecule has 7 nitrogen and oxygen atoms in total. The number of ether oxygens (including phenoxy) is 1. The van der Waals surface area contributed by atoms with Gasteiger partial charge in [-0.2, -0.15) is 0 Å². The van der Waals surface area contributed by atoms with E-state index in [0.717, 1.165) is 22.6 Å². The first kappa shape index (κ1) is 18.7. The maximum absolute atomic E-state index is 12.6. The number of imidazole rings is 1. The Kier molecular flexibility index (Phi) is 5.05. The van der Waals surface area contributed by atoms with Crippen LogP contribution in [0.3, 0.4) is 0 Å². The summed E-state index contributed by atoms with van der Waals surface area (Å²) in [5.74, 6) is -1.35. The molecule has 0 aliphatic carbocycles. The third-order valence-corrected chi connectivity index (χ3v) is 4.58. The quantitative estimate of drug-likeness (QED) is 0.699. The molecule has 1 amide bonds. The van der Waals surface area contributed by atoms with Crippen LogP contribution in [0.1, 0.15) is 27.3 Å². The Hall–Kier alpha value is -3.06. The van der Waals surface area contributed by atoms with Gasteiger partial charge in [-0.15, -0.1) is 0 Å². The van der Waals surface area contributed by atoms with E-state index in [2.05, 4.69) is 10.3 Å². The van der Waals surface area contributed by atoms with Gasteiger partial charge in [0.1, 0.15) is 17.0 Å². The van der Waals surface area contributed by atoms with Gasteiger partial charge in [-0.3, -0.25) is 4.79 Å². The number of amides is 1. The smallest absolute Gasteiger partial charge is 0.339 e. The predicted octanol–water partition coefficient (Wildman–Crippen LogP) is 3.49. The van der Waals surface area contributed by atoms with E-state index >= 15 is 0 Å². The molecular formula is C19H18ClN3O4. The number of carbonyl (C=O) groups is 2. The van der Waals surface area contributed by atoms with Crippen LogP contribution >= 0.6 is 11.6 Å². The van der Waals surface area contributed by atoms with E-state index in [1.165, 1.54) is 19.2 Å². The van der Waals surface area contributed by atoms with Crippen molar-refractivity contribution in [1.29, 1.82) is 0 Å². The molecule has 0 atom stereocenters. The van der Waals surface area contributed by atoms with Crippen molar-refractivity contribution >= 4 is 34.8 Å². The van der Waals surface area contributed by atoms with Gasteiger partial charge in [-0.25, -0.2) is 9.78 Å². The highest BCUT2D eigenvalue weighted by Gasteiger charge is 2.18. The number of aromatic nitrogens is 2. The van der Waals surface area contributed by atoms with Gasteiger partial charge < -0.3 is 19.6 Å². The average Bonchev–Trinajstić information content (AvgIpc) is 2.93. The van der Waals surface area contributed by atoms with Crippen LogP contribution < -0.4 is 10.1 Å². The lowest BCUT2D eigenvalue weighted by Crippen LogP contribution is -2.17. The fourth-order valence-electron chi connectivity index (χ4n) is 2.91. The number of hydrogen-bond donors (Lipinski definition) is 2. The predicted molar refractivity (Wildman–Crippen MR) is 102 cm³/mol. The lowest BCUT2D eigenvalue weighted by molar-refractivity contribution is -0.115. The summed E-state index contributed by atoms with van der Waals surface area (Å²) in [6.07, 6.45) is 1.96. The van der Waals surface area contributed by atoms with E-state index in [9.17, 15) is 14.7 Å². The van der Waals surface area contributed by atoms with Gasteiger partial charge in [-0.1, -0.05) is 17.7 Å². The van der Waals surface area contributed by atoms with Gasteiger partial charge in [0.25, 0.3) is 0 Å². The third kappa shape index (κ3) is 3.59. The summed E-state index contributed by atoms with van der Waals surface area (Å²) in [6, 6.07) is 6.51. The molecule has 8 heteroatoms. The zero-order chi connectivity index (χ0) is 19.7. The minimum atomic E-state index is -1.16. The fourth-order valence-corrected chi connectivity index (χ4v) is 3.12. The van der Waals surface area contributed by atoms with Crippen molar-refractivity contribution in [3.8, 4) is 5.75 Å². The number of pyridine rings is 1. The molecule has 0 saturated carbocycles. The van der Waals surface area contributed by atoms with Gasteiger partial charge in [0.05, 0.1) is 35.6 Å². The number of anilines is 1. The Morgan fingerprint density at radius 3 is 2.74 bits per heavy atom. The fraction of sp³-hybridized carbons (Fsp3) is 0.211. The summed E-state index contributed by atoms with van der Waals surface area (Å²) in [6.45, 7) is 3.81. The lowest BCUT2D eigenvalue weighted by atomic mass is 10.1. The topological polar surface area (TPSA) is 92.9 Å². The Morgan fingerprint density at radius 2 is 2.07 bits per heavy atom. The number of benzene rings is 1. The molecule has 3 aromatic rings. The highest BCUT2D eigenvalue weighted by molar-refractivity contribution is 6.34. The van der Waals surface area contributed by atoms with Crippen molar-refractivity contribution in [2.45, 2.75) is 20.3 Å². The molecule has 0 saturated heterocycles. The van der Waals surface area contributed by atoms with Gasteiger partial charge >= 0.3 is 5.97 Å². The van der Waals surface area contributed by atoms with Gasteiger partial charge in [-0.05, 0) is 31.5 Å². The monoisotopic (exact) mass is 387 g/mol. The molecule has 0 radical (unpaired) electrons. The molecule has 0 fully saturated rings. The number of methoxy groups -OCH3 is 1. The molecule has 140 valence electrons. The standard InChI is InChI=1S/C19H18ClN3O4/c1-10-5-4-6-23-15(11(2)21-18(10)23)9-17(24)22-14-8-16(27-3)12(19(25)26)7-13(14)20/h4-8H,9H2,1-3H3,(H,22,24)(H,25,26). The first-order valence-corrected chi connectivity index (χ1v) is 8.53. The molecule has 0 aliphatic rings. The number of aromatic carboxylic acids is 1. The van der Waals surface area contributed by atoms with Crippen LogP contribution in [-0.4, -0.2) is 33.5 Å². The molecule has 2 N–H and O–H groups in total. The summed E-state index contributed by atoms with van der Waals surface area (Å²) in [4.78, 5) is 28.3. The van der Waals surface area contributed by atoms with Crippen LogP contribution in [0.2, 0.25) is 5.02 Å². The summed E-state index contributed by atoms with van der Waals surface area (Å²) in [7, 11) is 1.35. The van der Waals surface area contributed by atoms with Crippen molar-refractivity contribution in [2.75, 3.05) is 12.4 Å². The van der Waals surface area contributed by atoms with Crippen molar-refractivity contribution in [2.24, 2.45) is 0 Å². The number of nitrogens with zero attached hydrogens (tertiary/aromatic N) is 2. The zero-order valence-corrected chi connectivity index (χ0v) is 15.8. The number of carboxylic acids is 1. The van der Waals surface area contributed by atoms with E-state index < -0.39 is 5.97 Å². The summed E-state index contributed by atoms with van der Waals surface area (Å²) < 4.78 is 6.96. The molecule has 2 aromatic heterocycles. The molecule has 27 heavy (non-hydrogen) atoms. The van der Waals surface area contributed by atoms with Crippen molar-refractivity contribution in [3.05, 3.63) is 58.0 Å². The highest BCUT2D eigenvalue weighted by Crippen LogP contribution is 2.31. The van der Waals surface area contributed by atoms with E-state index in [-0.39, 0.29) is 34.4 Å². The Morgan fingerprint density at radius 1 is 1.33 bits per heavy atom. The van der Waals surface area contributed by atoms with Gasteiger partial charge in [0.15, 0.2) is 0 Å². The second-order valence-electron chi connectivity index (χ2n) is 6.09. The normalized spacial score (nSPS) is 10.8. The molecule has 1 aromatic carbocycles. The second kappa shape index (κ2) is 7.28. The SMILES string of the molecule is COc1cc(NC(=O)Cc2c(C)nc3c(C)cccn23)c(Cl)cc1C(=O)O. The number of halogens is 1. The summed E-state index contributed by atoms with van der Waals surface area (Å²) in [5, 5.41) is 12.0. The second-order valence-corrected chi connectivity index (χ2v) is 6.50. The minimum Gasteiger partial charge on any atom is -0.496 e. The summed E-state index contributed by atoms with van der Waals surface area (Å²) in [5.41, 5.74) is 3.58. The van der Waals surface area contributed by atoms with Crippen molar-refractivity contribution in [3.63, 3.8) is 0 Å². The number of carbonyl (C=O) groups excluding carboxylic acids is 1. The molecule has 3 rings (SSSR count). The summed E-state index contributed by atoms with van der Waals surface area (Å²) >= 11 is 6.12. The van der Waals surface area contributed by atoms with E-state index in [1.807, 2.05) is 36.6 Å². The van der Waals surface area contributed by atoms with Crippen LogP contribution in [0, 0.1) is 13.8 Å². The van der Waals surface area contributed by atoms with E-state index in [0.29, 0.717) is 0 Å². The number of carboxylic acid groups (broad SMARTS) is 1. The number of aryl methyl sites for hydroxylation is 2. The van der Waals surface area contributed by atoms with E-state index in [4.69, 9.17) is 16.3 Å². The molecule has 0 bridgehead atoms. The molecule has 2 heterocycles. The Balaban J connectivity index is 1.88. The number of fused-ring (bicyclic) bond motifs is 1. The first-order valence-electron chi connectivity index (χ1n) is 8.15. The number of rotatable bonds is 5. The van der Waals surface area contributed by atoms with Crippen LogP contribution in [0.15, 0.2) is 30.5 Å². The third-order valence-electron chi connectivity index (χ3n) is 4.27. The van der Waals surface area contributed by atoms with Crippen molar-refractivity contribution in [1.82, 2.24) is 9.38 Å². The van der Waals surface area contributed by atoms with Crippen LogP contribution in [0.4, 0.5) is 5.69 Å². The molecular weight excluding hydrogens is 370 g/mol. The van der Waals surface area contributed by atoms with Gasteiger partial charge in [0, 0.05) is 12.3 Å². The molecule has 0 unspecified atom stereocenters. The van der Waals surface area contributed by atoms with Crippen LogP contribution in [-0.2, 0) is 11.2 Å². The largest absolute Gasteiger partial charge is 0.496 e. The maximum atomic E-state index is 12.6. The molecule has 0 aliphatic heterocycles. The highest BCUT2D eigenvalue weighted by atomic mass is 35.5.